The summed E-state index contributed by atoms with van der Waals surface area (Å²) in [6.07, 6.45) is 1.75. The molecule has 0 bridgehead atoms. The summed E-state index contributed by atoms with van der Waals surface area (Å²) in [5, 5.41) is 18.8. The van der Waals surface area contributed by atoms with Crippen LogP contribution < -0.4 is 5.73 Å². The zero-order valence-electron chi connectivity index (χ0n) is 10.9. The van der Waals surface area contributed by atoms with Crippen LogP contribution in [0.2, 0.25) is 0 Å². The summed E-state index contributed by atoms with van der Waals surface area (Å²) in [7, 11) is 1.77. The fraction of sp³-hybridized carbons (Fsp3) is 0.0833. The van der Waals surface area contributed by atoms with E-state index in [2.05, 4.69) is 15.2 Å². The lowest BCUT2D eigenvalue weighted by molar-refractivity contribution is -0.383. The van der Waals surface area contributed by atoms with Gasteiger partial charge in [-0.3, -0.25) is 14.8 Å². The molecule has 0 fully saturated rings. The van der Waals surface area contributed by atoms with Crippen molar-refractivity contribution in [1.82, 2.24) is 19.9 Å². The molecule has 0 aliphatic heterocycles. The van der Waals surface area contributed by atoms with E-state index in [0.29, 0.717) is 17.1 Å². The molecule has 3 rings (SSSR count). The molecular formula is C12H10N6O3. The Kier molecular flexibility index (Phi) is 2.87. The smallest absolute Gasteiger partial charge is 0.292 e. The average Bonchev–Trinajstić information content (AvgIpc) is 3.07. The quantitative estimate of drug-likeness (QED) is 0.440. The molecule has 0 amide bonds. The van der Waals surface area contributed by atoms with Gasteiger partial charge in [0.15, 0.2) is 0 Å². The number of rotatable bonds is 3. The minimum absolute atomic E-state index is 0.0771. The SMILES string of the molecule is Cn1ccc(-c2noc(-c3ccc(N)c([N+](=O)[O-])c3)n2)n1. The van der Waals surface area contributed by atoms with Crippen LogP contribution in [0.4, 0.5) is 11.4 Å². The van der Waals surface area contributed by atoms with E-state index in [1.807, 2.05) is 0 Å². The Morgan fingerprint density at radius 1 is 1.38 bits per heavy atom. The highest BCUT2D eigenvalue weighted by Gasteiger charge is 2.17. The summed E-state index contributed by atoms with van der Waals surface area (Å²) in [5.74, 6) is 0.476. The highest BCUT2D eigenvalue weighted by molar-refractivity contribution is 5.68. The van der Waals surface area contributed by atoms with Gasteiger partial charge in [-0.2, -0.15) is 10.1 Å². The molecule has 0 aliphatic rings. The van der Waals surface area contributed by atoms with Crippen molar-refractivity contribution < 1.29 is 9.45 Å². The number of nitrogen functional groups attached to an aromatic ring is 1. The number of nitro benzene ring substituents is 1. The van der Waals surface area contributed by atoms with Gasteiger partial charge in [0.05, 0.1) is 4.92 Å². The molecule has 0 saturated heterocycles. The van der Waals surface area contributed by atoms with Gasteiger partial charge in [0.1, 0.15) is 11.4 Å². The number of nitro groups is 1. The molecule has 9 heteroatoms. The molecule has 0 saturated carbocycles. The summed E-state index contributed by atoms with van der Waals surface area (Å²) in [5.41, 5.74) is 6.39. The summed E-state index contributed by atoms with van der Waals surface area (Å²) in [4.78, 5) is 14.5. The van der Waals surface area contributed by atoms with Crippen molar-refractivity contribution in [2.24, 2.45) is 7.05 Å². The molecule has 0 radical (unpaired) electrons. The monoisotopic (exact) mass is 286 g/mol. The Hall–Kier alpha value is -3.23. The minimum atomic E-state index is -0.561. The first-order valence-corrected chi connectivity index (χ1v) is 5.92. The third kappa shape index (κ3) is 2.31. The lowest BCUT2D eigenvalue weighted by atomic mass is 10.2. The van der Waals surface area contributed by atoms with E-state index in [1.54, 1.807) is 30.1 Å². The number of anilines is 1. The predicted molar refractivity (Wildman–Crippen MR) is 73.0 cm³/mol. The van der Waals surface area contributed by atoms with Gasteiger partial charge >= 0.3 is 0 Å². The number of benzene rings is 1. The third-order valence-electron chi connectivity index (χ3n) is 2.84. The van der Waals surface area contributed by atoms with Crippen LogP contribution in [0.3, 0.4) is 0 Å². The molecule has 2 aromatic heterocycles. The van der Waals surface area contributed by atoms with E-state index < -0.39 is 4.92 Å². The number of hydrogen-bond donors (Lipinski definition) is 1. The van der Waals surface area contributed by atoms with Crippen LogP contribution in [0.1, 0.15) is 0 Å². The predicted octanol–water partition coefficient (Wildman–Crippen LogP) is 1.63. The van der Waals surface area contributed by atoms with E-state index in [9.17, 15) is 10.1 Å². The van der Waals surface area contributed by atoms with Gasteiger partial charge in [0.25, 0.3) is 11.6 Å². The Bertz CT molecular complexity index is 822. The maximum atomic E-state index is 10.9. The van der Waals surface area contributed by atoms with E-state index >= 15 is 0 Å². The molecule has 21 heavy (non-hydrogen) atoms. The molecular weight excluding hydrogens is 276 g/mol. The van der Waals surface area contributed by atoms with Crippen LogP contribution in [-0.4, -0.2) is 24.8 Å². The normalized spacial score (nSPS) is 10.7. The summed E-state index contributed by atoms with van der Waals surface area (Å²) in [6, 6.07) is 6.04. The first kappa shape index (κ1) is 12.8. The van der Waals surface area contributed by atoms with Gasteiger partial charge in [-0.1, -0.05) is 5.16 Å². The fourth-order valence-corrected chi connectivity index (χ4v) is 1.81. The largest absolute Gasteiger partial charge is 0.393 e. The molecule has 0 unspecified atom stereocenters. The highest BCUT2D eigenvalue weighted by Crippen LogP contribution is 2.28. The van der Waals surface area contributed by atoms with Crippen LogP contribution in [0.15, 0.2) is 35.0 Å². The second-order valence-corrected chi connectivity index (χ2v) is 4.33. The zero-order chi connectivity index (χ0) is 15.0. The second kappa shape index (κ2) is 4.71. The molecule has 0 aliphatic carbocycles. The number of nitrogens with two attached hydrogens (primary N) is 1. The number of aromatic nitrogens is 4. The average molecular weight is 286 g/mol. The van der Waals surface area contributed by atoms with Gasteiger partial charge in [-0.05, 0) is 18.2 Å². The minimum Gasteiger partial charge on any atom is -0.393 e. The first-order chi connectivity index (χ1) is 10.0. The summed E-state index contributed by atoms with van der Waals surface area (Å²) < 4.78 is 6.73. The Labute approximate surface area is 118 Å². The molecule has 3 aromatic rings. The lowest BCUT2D eigenvalue weighted by Gasteiger charge is -1.98. The van der Waals surface area contributed by atoms with Crippen molar-refractivity contribution in [3.63, 3.8) is 0 Å². The van der Waals surface area contributed by atoms with Gasteiger partial charge in [0.2, 0.25) is 5.82 Å². The van der Waals surface area contributed by atoms with Crippen LogP contribution in [0.25, 0.3) is 23.0 Å². The molecule has 0 spiro atoms. The van der Waals surface area contributed by atoms with Crippen molar-refractivity contribution in [2.45, 2.75) is 0 Å². The number of nitrogens with zero attached hydrogens (tertiary/aromatic N) is 5. The summed E-state index contributed by atoms with van der Waals surface area (Å²) >= 11 is 0. The van der Waals surface area contributed by atoms with Crippen LogP contribution in [0.5, 0.6) is 0 Å². The highest BCUT2D eigenvalue weighted by atomic mass is 16.6. The number of hydrogen-bond acceptors (Lipinski definition) is 7. The van der Waals surface area contributed by atoms with E-state index in [1.165, 1.54) is 12.1 Å². The first-order valence-electron chi connectivity index (χ1n) is 5.92. The van der Waals surface area contributed by atoms with Crippen molar-refractivity contribution in [2.75, 3.05) is 5.73 Å². The van der Waals surface area contributed by atoms with Crippen LogP contribution >= 0.6 is 0 Å². The second-order valence-electron chi connectivity index (χ2n) is 4.33. The van der Waals surface area contributed by atoms with Gasteiger partial charge in [-0.25, -0.2) is 0 Å². The van der Waals surface area contributed by atoms with Crippen molar-refractivity contribution in [1.29, 1.82) is 0 Å². The van der Waals surface area contributed by atoms with Gasteiger partial charge in [0, 0.05) is 24.9 Å². The third-order valence-corrected chi connectivity index (χ3v) is 2.84. The van der Waals surface area contributed by atoms with Crippen molar-refractivity contribution >= 4 is 11.4 Å². The van der Waals surface area contributed by atoms with Crippen molar-refractivity contribution in [3.8, 4) is 23.0 Å². The van der Waals surface area contributed by atoms with Gasteiger partial charge in [-0.15, -0.1) is 0 Å². The van der Waals surface area contributed by atoms with E-state index in [0.717, 1.165) is 0 Å². The number of aryl methyl sites for hydroxylation is 1. The fourth-order valence-electron chi connectivity index (χ4n) is 1.81. The van der Waals surface area contributed by atoms with E-state index in [-0.39, 0.29) is 17.3 Å². The molecule has 106 valence electrons. The lowest BCUT2D eigenvalue weighted by Crippen LogP contribution is -1.95. The Morgan fingerprint density at radius 3 is 2.86 bits per heavy atom. The Morgan fingerprint density at radius 2 is 2.19 bits per heavy atom. The Balaban J connectivity index is 2.00. The molecule has 2 heterocycles. The summed E-state index contributed by atoms with van der Waals surface area (Å²) in [6.45, 7) is 0. The van der Waals surface area contributed by atoms with Crippen LogP contribution in [-0.2, 0) is 7.05 Å². The van der Waals surface area contributed by atoms with Gasteiger partial charge < -0.3 is 10.3 Å². The van der Waals surface area contributed by atoms with Crippen LogP contribution in [0, 0.1) is 10.1 Å². The molecule has 2 N–H and O–H groups in total. The standard InChI is InChI=1S/C12H10N6O3/c1-17-5-4-9(15-17)11-14-12(21-16-11)7-2-3-8(13)10(6-7)18(19)20/h2-6H,13H2,1H3. The zero-order valence-corrected chi connectivity index (χ0v) is 10.9. The molecule has 0 atom stereocenters. The topological polar surface area (TPSA) is 126 Å². The maximum Gasteiger partial charge on any atom is 0.292 e. The van der Waals surface area contributed by atoms with E-state index in [4.69, 9.17) is 10.3 Å². The molecule has 1 aromatic carbocycles. The molecule has 9 nitrogen and oxygen atoms in total. The van der Waals surface area contributed by atoms with Crippen molar-refractivity contribution in [3.05, 3.63) is 40.6 Å². The maximum absolute atomic E-state index is 10.9.